The number of rotatable bonds is 4. The van der Waals surface area contributed by atoms with Crippen LogP contribution in [0.4, 0.5) is 5.95 Å². The lowest BCUT2D eigenvalue weighted by atomic mass is 10.1. The molecule has 0 radical (unpaired) electrons. The van der Waals surface area contributed by atoms with Crippen LogP contribution in [-0.2, 0) is 17.8 Å². The van der Waals surface area contributed by atoms with E-state index in [2.05, 4.69) is 37.8 Å². The SMILES string of the molecule is COC(=O)c1ccc(C#Cc2ccnc(-c3ccnc(N4Cc5ccc(OC)cc5C4)n3)n2)cc1. The normalized spacial score (nSPS) is 11.9. The van der Waals surface area contributed by atoms with Crippen LogP contribution < -0.4 is 9.64 Å². The Morgan fingerprint density at radius 2 is 1.69 bits per heavy atom. The second kappa shape index (κ2) is 9.61. The molecule has 0 unspecified atom stereocenters. The molecule has 1 aliphatic rings. The Balaban J connectivity index is 1.35. The van der Waals surface area contributed by atoms with Crippen molar-refractivity contribution in [1.29, 1.82) is 0 Å². The van der Waals surface area contributed by atoms with Gasteiger partial charge in [-0.1, -0.05) is 12.0 Å². The number of hydrogen-bond acceptors (Lipinski definition) is 8. The lowest BCUT2D eigenvalue weighted by Crippen LogP contribution is -2.17. The lowest BCUT2D eigenvalue weighted by molar-refractivity contribution is 0.0600. The number of benzene rings is 2. The van der Waals surface area contributed by atoms with E-state index in [0.29, 0.717) is 35.3 Å². The number of fused-ring (bicyclic) bond motifs is 1. The Hall–Kier alpha value is -4.77. The van der Waals surface area contributed by atoms with Crippen LogP contribution in [0.1, 0.15) is 32.7 Å². The number of esters is 1. The minimum Gasteiger partial charge on any atom is -0.497 e. The first-order chi connectivity index (χ1) is 17.1. The molecule has 5 rings (SSSR count). The first-order valence-corrected chi connectivity index (χ1v) is 10.9. The van der Waals surface area contributed by atoms with Crippen LogP contribution in [0.25, 0.3) is 11.5 Å². The molecule has 4 aromatic rings. The van der Waals surface area contributed by atoms with Crippen molar-refractivity contribution in [2.45, 2.75) is 13.1 Å². The molecule has 0 aliphatic carbocycles. The molecule has 2 aromatic carbocycles. The summed E-state index contributed by atoms with van der Waals surface area (Å²) in [5, 5.41) is 0. The summed E-state index contributed by atoms with van der Waals surface area (Å²) in [6.45, 7) is 1.43. The summed E-state index contributed by atoms with van der Waals surface area (Å²) in [5.74, 6) is 7.64. The fourth-order valence-corrected chi connectivity index (χ4v) is 3.76. The first kappa shape index (κ1) is 22.0. The highest BCUT2D eigenvalue weighted by atomic mass is 16.5. The lowest BCUT2D eigenvalue weighted by Gasteiger charge is -2.15. The molecule has 2 aromatic heterocycles. The van der Waals surface area contributed by atoms with Crippen molar-refractivity contribution in [2.24, 2.45) is 0 Å². The quantitative estimate of drug-likeness (QED) is 0.335. The highest BCUT2D eigenvalue weighted by molar-refractivity contribution is 5.89. The Bertz CT molecular complexity index is 1460. The molecular formula is C27H21N5O3. The number of carbonyl (C=O) groups is 1. The van der Waals surface area contributed by atoms with Gasteiger partial charge in [0, 0.05) is 31.0 Å². The van der Waals surface area contributed by atoms with Crippen LogP contribution in [0, 0.1) is 11.8 Å². The summed E-state index contributed by atoms with van der Waals surface area (Å²) >= 11 is 0. The molecule has 1 aliphatic heterocycles. The molecule has 0 N–H and O–H groups in total. The van der Waals surface area contributed by atoms with Gasteiger partial charge in [0.15, 0.2) is 5.82 Å². The monoisotopic (exact) mass is 463 g/mol. The third-order valence-electron chi connectivity index (χ3n) is 5.59. The van der Waals surface area contributed by atoms with E-state index in [-0.39, 0.29) is 5.97 Å². The molecule has 35 heavy (non-hydrogen) atoms. The molecule has 0 fully saturated rings. The third kappa shape index (κ3) is 4.80. The maximum Gasteiger partial charge on any atom is 0.337 e. The molecule has 0 bridgehead atoms. The minimum atomic E-state index is -0.383. The number of anilines is 1. The fourth-order valence-electron chi connectivity index (χ4n) is 3.76. The molecule has 8 heteroatoms. The standard InChI is InChI=1S/C27H21N5O3/c1-34-23-10-8-20-16-32(17-21(20)15-23)27-29-14-12-24(31-27)25-28-13-11-22(30-25)9-5-18-3-6-19(7-4-18)26(33)35-2/h3-4,6-8,10-15H,16-17H2,1-2H3. The molecule has 8 nitrogen and oxygen atoms in total. The molecule has 172 valence electrons. The smallest absolute Gasteiger partial charge is 0.337 e. The van der Waals surface area contributed by atoms with Gasteiger partial charge in [0.2, 0.25) is 5.95 Å². The minimum absolute atomic E-state index is 0.383. The zero-order valence-corrected chi connectivity index (χ0v) is 19.2. The van der Waals surface area contributed by atoms with Crippen LogP contribution in [0.15, 0.2) is 67.0 Å². The number of aromatic nitrogens is 4. The van der Waals surface area contributed by atoms with Crippen molar-refractivity contribution < 1.29 is 14.3 Å². The van der Waals surface area contributed by atoms with Crippen molar-refractivity contribution in [1.82, 2.24) is 19.9 Å². The van der Waals surface area contributed by atoms with Crippen molar-refractivity contribution in [3.05, 3.63) is 94.9 Å². The molecule has 3 heterocycles. The topological polar surface area (TPSA) is 90.3 Å². The number of hydrogen-bond donors (Lipinski definition) is 0. The zero-order valence-electron chi connectivity index (χ0n) is 19.2. The van der Waals surface area contributed by atoms with Gasteiger partial charge in [-0.05, 0) is 65.6 Å². The van der Waals surface area contributed by atoms with Crippen molar-refractivity contribution in [2.75, 3.05) is 19.1 Å². The molecule has 0 spiro atoms. The maximum absolute atomic E-state index is 11.6. The largest absolute Gasteiger partial charge is 0.497 e. The average molecular weight is 463 g/mol. The first-order valence-electron chi connectivity index (χ1n) is 10.9. The van der Waals surface area contributed by atoms with E-state index >= 15 is 0 Å². The van der Waals surface area contributed by atoms with Crippen molar-refractivity contribution in [3.63, 3.8) is 0 Å². The number of ether oxygens (including phenoxy) is 2. The van der Waals surface area contributed by atoms with Crippen LogP contribution in [0.2, 0.25) is 0 Å². The maximum atomic E-state index is 11.6. The average Bonchev–Trinajstić information content (AvgIpc) is 3.35. The van der Waals surface area contributed by atoms with Gasteiger partial charge in [-0.2, -0.15) is 0 Å². The van der Waals surface area contributed by atoms with Crippen molar-refractivity contribution in [3.8, 4) is 29.1 Å². The van der Waals surface area contributed by atoms with E-state index in [9.17, 15) is 4.79 Å². The number of methoxy groups -OCH3 is 2. The van der Waals surface area contributed by atoms with Gasteiger partial charge in [0.1, 0.15) is 17.1 Å². The van der Waals surface area contributed by atoms with E-state index < -0.39 is 0 Å². The van der Waals surface area contributed by atoms with Crippen LogP contribution >= 0.6 is 0 Å². The number of nitrogens with zero attached hydrogens (tertiary/aromatic N) is 5. The van der Waals surface area contributed by atoms with Crippen LogP contribution in [0.3, 0.4) is 0 Å². The van der Waals surface area contributed by atoms with Gasteiger partial charge in [-0.15, -0.1) is 0 Å². The van der Waals surface area contributed by atoms with Gasteiger partial charge in [0.25, 0.3) is 0 Å². The van der Waals surface area contributed by atoms with Gasteiger partial charge in [0.05, 0.1) is 19.8 Å². The van der Waals surface area contributed by atoms with Gasteiger partial charge >= 0.3 is 5.97 Å². The summed E-state index contributed by atoms with van der Waals surface area (Å²) < 4.78 is 10.1. The van der Waals surface area contributed by atoms with E-state index in [0.717, 1.165) is 17.9 Å². The van der Waals surface area contributed by atoms with Gasteiger partial charge < -0.3 is 14.4 Å². The molecule has 0 amide bonds. The van der Waals surface area contributed by atoms with Gasteiger partial charge in [-0.25, -0.2) is 24.7 Å². The van der Waals surface area contributed by atoms with E-state index in [1.54, 1.807) is 55.9 Å². The molecule has 0 saturated heterocycles. The predicted molar refractivity (Wildman–Crippen MR) is 130 cm³/mol. The van der Waals surface area contributed by atoms with E-state index in [1.807, 2.05) is 12.1 Å². The molecule has 0 saturated carbocycles. The summed E-state index contributed by atoms with van der Waals surface area (Å²) in [5.41, 5.74) is 4.84. The molecular weight excluding hydrogens is 442 g/mol. The third-order valence-corrected chi connectivity index (χ3v) is 5.59. The predicted octanol–water partition coefficient (Wildman–Crippen LogP) is 3.65. The number of carbonyl (C=O) groups excluding carboxylic acids is 1. The fraction of sp³-hybridized carbons (Fsp3) is 0.148. The second-order valence-corrected chi connectivity index (χ2v) is 7.82. The highest BCUT2D eigenvalue weighted by Crippen LogP contribution is 2.29. The van der Waals surface area contributed by atoms with Crippen LogP contribution in [-0.4, -0.2) is 40.1 Å². The van der Waals surface area contributed by atoms with Gasteiger partial charge in [-0.3, -0.25) is 0 Å². The van der Waals surface area contributed by atoms with E-state index in [1.165, 1.54) is 18.2 Å². The Morgan fingerprint density at radius 1 is 0.886 bits per heavy atom. The zero-order chi connectivity index (χ0) is 24.2. The summed E-state index contributed by atoms with van der Waals surface area (Å²) in [6.07, 6.45) is 3.37. The van der Waals surface area contributed by atoms with Crippen LogP contribution in [0.5, 0.6) is 5.75 Å². The Morgan fingerprint density at radius 3 is 2.49 bits per heavy atom. The summed E-state index contributed by atoms with van der Waals surface area (Å²) in [6, 6.07) is 16.5. The summed E-state index contributed by atoms with van der Waals surface area (Å²) in [7, 11) is 3.02. The molecule has 0 atom stereocenters. The second-order valence-electron chi connectivity index (χ2n) is 7.82. The summed E-state index contributed by atoms with van der Waals surface area (Å²) in [4.78, 5) is 31.8. The van der Waals surface area contributed by atoms with Crippen molar-refractivity contribution >= 4 is 11.9 Å². The highest BCUT2D eigenvalue weighted by Gasteiger charge is 2.22. The Kier molecular flexibility index (Phi) is 6.05. The Labute approximate surface area is 202 Å². The van der Waals surface area contributed by atoms with E-state index in [4.69, 9.17) is 14.5 Å².